The van der Waals surface area contributed by atoms with Crippen molar-refractivity contribution >= 4 is 33.7 Å². The molecular formula is C31H28N4O4S. The van der Waals surface area contributed by atoms with Gasteiger partial charge < -0.3 is 9.47 Å². The topological polar surface area (TPSA) is 94.8 Å². The Bertz CT molecular complexity index is 1710. The van der Waals surface area contributed by atoms with Crippen LogP contribution in [0.1, 0.15) is 16.7 Å². The van der Waals surface area contributed by atoms with Gasteiger partial charge in [-0.1, -0.05) is 60.2 Å². The molecule has 0 spiro atoms. The molecule has 0 aliphatic rings. The van der Waals surface area contributed by atoms with E-state index in [9.17, 15) is 9.59 Å². The first-order chi connectivity index (χ1) is 19.5. The number of ether oxygens (including phenoxy) is 2. The molecule has 0 bridgehead atoms. The molecule has 0 saturated carbocycles. The summed E-state index contributed by atoms with van der Waals surface area (Å²) in [6.45, 7) is 2.32. The molecule has 8 nitrogen and oxygen atoms in total. The first-order valence-electron chi connectivity index (χ1n) is 12.7. The van der Waals surface area contributed by atoms with Crippen molar-refractivity contribution in [3.63, 3.8) is 0 Å². The number of benzene rings is 3. The lowest BCUT2D eigenvalue weighted by Crippen LogP contribution is -2.30. The molecule has 5 aromatic rings. The minimum absolute atomic E-state index is 0.209. The molecule has 40 heavy (non-hydrogen) atoms. The van der Waals surface area contributed by atoms with E-state index in [-0.39, 0.29) is 12.1 Å². The number of thiophene rings is 1. The van der Waals surface area contributed by atoms with Gasteiger partial charge in [0.25, 0.3) is 11.5 Å². The predicted octanol–water partition coefficient (Wildman–Crippen LogP) is 5.21. The maximum Gasteiger partial charge on any atom is 0.263 e. The number of aryl methyl sites for hydroxylation is 1. The van der Waals surface area contributed by atoms with Crippen LogP contribution in [-0.2, 0) is 17.8 Å². The van der Waals surface area contributed by atoms with Crippen LogP contribution in [0.3, 0.4) is 0 Å². The molecule has 9 heteroatoms. The Balaban J connectivity index is 1.21. The van der Waals surface area contributed by atoms with Crippen molar-refractivity contribution in [1.82, 2.24) is 15.0 Å². The SMILES string of the molecule is COc1cc(C=NNC(=O)Cn2cnc3scc(-c4ccc(C)cc4)c3c2=O)ccc1OCCc1ccccc1. The second kappa shape index (κ2) is 12.4. The van der Waals surface area contributed by atoms with Crippen molar-refractivity contribution < 1.29 is 14.3 Å². The van der Waals surface area contributed by atoms with Crippen LogP contribution in [0.4, 0.5) is 0 Å². The highest BCUT2D eigenvalue weighted by molar-refractivity contribution is 7.17. The molecule has 0 radical (unpaired) electrons. The monoisotopic (exact) mass is 552 g/mol. The Morgan fingerprint density at radius 1 is 1.07 bits per heavy atom. The van der Waals surface area contributed by atoms with Crippen LogP contribution in [0.15, 0.2) is 94.4 Å². The number of fused-ring (bicyclic) bond motifs is 1. The Labute approximate surface area is 235 Å². The Morgan fingerprint density at radius 2 is 1.88 bits per heavy atom. The minimum atomic E-state index is -0.445. The zero-order chi connectivity index (χ0) is 27.9. The molecule has 0 aliphatic carbocycles. The molecule has 2 heterocycles. The number of nitrogens with zero attached hydrogens (tertiary/aromatic N) is 3. The van der Waals surface area contributed by atoms with Gasteiger partial charge in [-0.25, -0.2) is 10.4 Å². The normalized spacial score (nSPS) is 11.2. The summed E-state index contributed by atoms with van der Waals surface area (Å²) >= 11 is 1.41. The number of nitrogens with one attached hydrogen (secondary N) is 1. The molecule has 5 rings (SSSR count). The maximum atomic E-state index is 13.2. The average Bonchev–Trinajstić information content (AvgIpc) is 3.41. The maximum absolute atomic E-state index is 13.2. The van der Waals surface area contributed by atoms with E-state index in [1.165, 1.54) is 34.0 Å². The number of amides is 1. The van der Waals surface area contributed by atoms with Gasteiger partial charge in [-0.15, -0.1) is 11.3 Å². The van der Waals surface area contributed by atoms with Gasteiger partial charge in [0.15, 0.2) is 11.5 Å². The first-order valence-corrected chi connectivity index (χ1v) is 13.6. The second-order valence-electron chi connectivity index (χ2n) is 9.16. The third-order valence-electron chi connectivity index (χ3n) is 6.32. The highest BCUT2D eigenvalue weighted by atomic mass is 32.1. The standard InChI is InChI=1S/C31H28N4O4S/c1-21-8-11-24(12-9-21)25-19-40-30-29(25)31(37)35(20-32-30)18-28(36)34-33-17-23-10-13-26(27(16-23)38-2)39-15-14-22-6-4-3-5-7-22/h3-13,16-17,19-20H,14-15,18H2,1-2H3,(H,34,36). The number of carbonyl (C=O) groups excluding carboxylic acids is 1. The summed E-state index contributed by atoms with van der Waals surface area (Å²) in [5, 5.41) is 6.47. The fourth-order valence-electron chi connectivity index (χ4n) is 4.20. The highest BCUT2D eigenvalue weighted by Gasteiger charge is 2.14. The molecule has 0 fully saturated rings. The number of hydrazone groups is 1. The molecule has 2 aromatic heterocycles. The minimum Gasteiger partial charge on any atom is -0.493 e. The number of hydrogen-bond acceptors (Lipinski definition) is 7. The summed E-state index contributed by atoms with van der Waals surface area (Å²) < 4.78 is 12.7. The number of rotatable bonds is 10. The Hall–Kier alpha value is -4.76. The number of carbonyl (C=O) groups is 1. The molecular weight excluding hydrogens is 524 g/mol. The summed E-state index contributed by atoms with van der Waals surface area (Å²) in [4.78, 5) is 30.8. The van der Waals surface area contributed by atoms with Crippen LogP contribution in [0, 0.1) is 6.92 Å². The summed E-state index contributed by atoms with van der Waals surface area (Å²) in [6, 6.07) is 23.5. The third kappa shape index (κ3) is 6.27. The van der Waals surface area contributed by atoms with Crippen LogP contribution in [0.5, 0.6) is 11.5 Å². The van der Waals surface area contributed by atoms with Gasteiger partial charge in [-0.3, -0.25) is 14.2 Å². The second-order valence-corrected chi connectivity index (χ2v) is 10.0. The number of hydrogen-bond donors (Lipinski definition) is 1. The Kier molecular flexibility index (Phi) is 8.32. The molecule has 0 saturated heterocycles. The van der Waals surface area contributed by atoms with Gasteiger partial charge >= 0.3 is 0 Å². The molecule has 1 amide bonds. The zero-order valence-corrected chi connectivity index (χ0v) is 23.0. The van der Waals surface area contributed by atoms with E-state index in [0.29, 0.717) is 33.9 Å². The van der Waals surface area contributed by atoms with E-state index in [0.717, 1.165) is 23.1 Å². The average molecular weight is 553 g/mol. The van der Waals surface area contributed by atoms with Crippen LogP contribution in [0.25, 0.3) is 21.3 Å². The van der Waals surface area contributed by atoms with E-state index in [1.54, 1.807) is 19.2 Å². The molecule has 1 N–H and O–H groups in total. The Morgan fingerprint density at radius 3 is 2.65 bits per heavy atom. The van der Waals surface area contributed by atoms with Gasteiger partial charge in [0.2, 0.25) is 0 Å². The van der Waals surface area contributed by atoms with E-state index in [2.05, 4.69) is 27.6 Å². The van der Waals surface area contributed by atoms with Crippen LogP contribution < -0.4 is 20.5 Å². The lowest BCUT2D eigenvalue weighted by Gasteiger charge is -2.11. The van der Waals surface area contributed by atoms with Crippen molar-refractivity contribution in [3.8, 4) is 22.6 Å². The van der Waals surface area contributed by atoms with Crippen molar-refractivity contribution in [2.24, 2.45) is 5.10 Å². The largest absolute Gasteiger partial charge is 0.493 e. The van der Waals surface area contributed by atoms with Gasteiger partial charge in [0.1, 0.15) is 11.4 Å². The van der Waals surface area contributed by atoms with E-state index in [1.807, 2.05) is 60.8 Å². The van der Waals surface area contributed by atoms with Crippen molar-refractivity contribution in [3.05, 3.63) is 112 Å². The summed E-state index contributed by atoms with van der Waals surface area (Å²) in [7, 11) is 1.57. The van der Waals surface area contributed by atoms with Crippen molar-refractivity contribution in [2.75, 3.05) is 13.7 Å². The highest BCUT2D eigenvalue weighted by Crippen LogP contribution is 2.31. The smallest absolute Gasteiger partial charge is 0.263 e. The van der Waals surface area contributed by atoms with Crippen LogP contribution in [-0.4, -0.2) is 35.4 Å². The van der Waals surface area contributed by atoms with Crippen LogP contribution >= 0.6 is 11.3 Å². The van der Waals surface area contributed by atoms with Crippen LogP contribution in [0.2, 0.25) is 0 Å². The molecule has 202 valence electrons. The first kappa shape index (κ1) is 26.8. The zero-order valence-electron chi connectivity index (χ0n) is 22.2. The lowest BCUT2D eigenvalue weighted by molar-refractivity contribution is -0.121. The summed E-state index contributed by atoms with van der Waals surface area (Å²) in [6.07, 6.45) is 3.68. The third-order valence-corrected chi connectivity index (χ3v) is 7.21. The summed E-state index contributed by atoms with van der Waals surface area (Å²) in [5.41, 5.74) is 7.01. The van der Waals surface area contributed by atoms with Crippen molar-refractivity contribution in [1.29, 1.82) is 0 Å². The fraction of sp³-hybridized carbons (Fsp3) is 0.161. The summed E-state index contributed by atoms with van der Waals surface area (Å²) in [5.74, 6) is 0.745. The van der Waals surface area contributed by atoms with E-state index >= 15 is 0 Å². The quantitative estimate of drug-likeness (QED) is 0.190. The van der Waals surface area contributed by atoms with E-state index in [4.69, 9.17) is 9.47 Å². The molecule has 0 atom stereocenters. The predicted molar refractivity (Wildman–Crippen MR) is 158 cm³/mol. The van der Waals surface area contributed by atoms with Gasteiger partial charge in [0.05, 0.1) is 31.6 Å². The molecule has 0 aliphatic heterocycles. The van der Waals surface area contributed by atoms with Gasteiger partial charge in [-0.05, 0) is 41.8 Å². The molecule has 3 aromatic carbocycles. The van der Waals surface area contributed by atoms with E-state index < -0.39 is 5.91 Å². The van der Waals surface area contributed by atoms with Gasteiger partial charge in [-0.2, -0.15) is 5.10 Å². The van der Waals surface area contributed by atoms with Crippen molar-refractivity contribution in [2.45, 2.75) is 19.9 Å². The van der Waals surface area contributed by atoms with Gasteiger partial charge in [0, 0.05) is 17.4 Å². The molecule has 0 unspecified atom stereocenters. The number of aromatic nitrogens is 2. The fourth-order valence-corrected chi connectivity index (χ4v) is 5.11. The number of methoxy groups -OCH3 is 1. The lowest BCUT2D eigenvalue weighted by atomic mass is 10.1.